The van der Waals surface area contributed by atoms with Gasteiger partial charge in [0.2, 0.25) is 5.75 Å². The summed E-state index contributed by atoms with van der Waals surface area (Å²) in [7, 11) is 0. The van der Waals surface area contributed by atoms with E-state index in [0.717, 1.165) is 26.3 Å². The topological polar surface area (TPSA) is 127 Å². The fraction of sp³-hybridized carbons (Fsp3) is 0.238. The number of hydrogen-bond donors (Lipinski definition) is 2. The van der Waals surface area contributed by atoms with Gasteiger partial charge in [-0.2, -0.15) is 0 Å². The predicted molar refractivity (Wildman–Crippen MR) is 101 cm³/mol. The monoisotopic (exact) mass is 400 g/mol. The van der Waals surface area contributed by atoms with Gasteiger partial charge in [-0.25, -0.2) is 4.79 Å². The summed E-state index contributed by atoms with van der Waals surface area (Å²) < 4.78 is 10.0. The Labute approximate surface area is 166 Å². The van der Waals surface area contributed by atoms with Gasteiger partial charge < -0.3 is 19.7 Å². The summed E-state index contributed by atoms with van der Waals surface area (Å²) in [6, 6.07) is 7.10. The molecule has 8 nitrogen and oxygen atoms in total. The molecule has 0 spiro atoms. The molecule has 0 fully saturated rings. The van der Waals surface area contributed by atoms with Crippen molar-refractivity contribution in [1.82, 2.24) is 0 Å². The summed E-state index contributed by atoms with van der Waals surface area (Å²) >= 11 is 0. The lowest BCUT2D eigenvalue weighted by atomic mass is 9.93. The second kappa shape index (κ2) is 8.55. The molecule has 0 aliphatic carbocycles. The summed E-state index contributed by atoms with van der Waals surface area (Å²) in [5, 5.41) is 20.4. The first-order chi connectivity index (χ1) is 13.5. The van der Waals surface area contributed by atoms with Crippen molar-refractivity contribution in [1.29, 1.82) is 0 Å². The summed E-state index contributed by atoms with van der Waals surface area (Å²) in [6.07, 6.45) is 0. The van der Waals surface area contributed by atoms with Gasteiger partial charge in [-0.05, 0) is 26.3 Å². The first kappa shape index (κ1) is 21.6. The molecule has 29 heavy (non-hydrogen) atoms. The number of aryl methyl sites for hydroxylation is 1. The highest BCUT2D eigenvalue weighted by molar-refractivity contribution is 6.16. The molecule has 0 bridgehead atoms. The minimum Gasteiger partial charge on any atom is -0.504 e. The highest BCUT2D eigenvalue weighted by Crippen LogP contribution is 2.45. The van der Waals surface area contributed by atoms with Gasteiger partial charge in [-0.15, -0.1) is 0 Å². The molecule has 0 amide bonds. The molecule has 0 heterocycles. The molecular formula is C21H20O8. The van der Waals surface area contributed by atoms with Gasteiger partial charge in [0, 0.05) is 6.92 Å². The number of phenolic OH excluding ortho intramolecular Hbond substituents is 2. The number of aromatic hydroxyl groups is 2. The van der Waals surface area contributed by atoms with Crippen molar-refractivity contribution >= 4 is 23.5 Å². The highest BCUT2D eigenvalue weighted by Gasteiger charge is 2.34. The van der Waals surface area contributed by atoms with Crippen LogP contribution in [-0.4, -0.2) is 33.7 Å². The Morgan fingerprint density at radius 1 is 0.828 bits per heavy atom. The van der Waals surface area contributed by atoms with Crippen LogP contribution >= 0.6 is 0 Å². The van der Waals surface area contributed by atoms with E-state index in [0.29, 0.717) is 5.56 Å². The number of carbonyl (C=O) groups is 4. The van der Waals surface area contributed by atoms with Crippen LogP contribution in [0.15, 0.2) is 24.3 Å². The van der Waals surface area contributed by atoms with Crippen LogP contribution in [0, 0.1) is 6.92 Å². The first-order valence-electron chi connectivity index (χ1n) is 8.59. The second-order valence-corrected chi connectivity index (χ2v) is 6.42. The summed E-state index contributed by atoms with van der Waals surface area (Å²) in [4.78, 5) is 48.4. The molecule has 0 saturated heterocycles. The number of benzene rings is 2. The molecule has 152 valence electrons. The van der Waals surface area contributed by atoms with Gasteiger partial charge in [0.15, 0.2) is 23.1 Å². The van der Waals surface area contributed by atoms with Crippen molar-refractivity contribution in [3.05, 3.63) is 52.1 Å². The number of ether oxygens (including phenoxy) is 2. The number of esters is 2. The first-order valence-corrected chi connectivity index (χ1v) is 8.59. The smallest absolute Gasteiger partial charge is 0.340 e. The van der Waals surface area contributed by atoms with E-state index in [2.05, 4.69) is 0 Å². The normalized spacial score (nSPS) is 10.3. The number of hydrogen-bond acceptors (Lipinski definition) is 8. The molecule has 8 heteroatoms. The fourth-order valence-electron chi connectivity index (χ4n) is 2.73. The van der Waals surface area contributed by atoms with E-state index in [-0.39, 0.29) is 6.61 Å². The lowest BCUT2D eigenvalue weighted by molar-refractivity contribution is -0.132. The van der Waals surface area contributed by atoms with E-state index < -0.39 is 57.4 Å². The molecule has 0 aliphatic heterocycles. The SMILES string of the molecule is CC(=O)Oc1c(O)c(O)c(C(C)=O)c(C(=O)OCc2ccc(C)cc2)c1C(C)=O. The molecule has 0 unspecified atom stereocenters. The second-order valence-electron chi connectivity index (χ2n) is 6.42. The zero-order valence-electron chi connectivity index (χ0n) is 16.4. The standard InChI is InChI=1S/C21H20O8/c1-10-5-7-14(8-6-10)9-28-21(27)17-15(11(2)22)18(25)19(26)20(29-13(4)24)16(17)12(3)23/h5-8,25-26H,9H2,1-4H3. The van der Waals surface area contributed by atoms with Gasteiger partial charge in [0.05, 0.1) is 16.7 Å². The Morgan fingerprint density at radius 3 is 1.86 bits per heavy atom. The molecule has 2 N–H and O–H groups in total. The van der Waals surface area contributed by atoms with Crippen LogP contribution < -0.4 is 4.74 Å². The Kier molecular flexibility index (Phi) is 6.38. The van der Waals surface area contributed by atoms with Crippen molar-refractivity contribution in [3.63, 3.8) is 0 Å². The van der Waals surface area contributed by atoms with Crippen molar-refractivity contribution in [2.24, 2.45) is 0 Å². The van der Waals surface area contributed by atoms with Crippen molar-refractivity contribution in [2.75, 3.05) is 0 Å². The summed E-state index contributed by atoms with van der Waals surface area (Å²) in [5.41, 5.74) is -0.0519. The van der Waals surface area contributed by atoms with Crippen molar-refractivity contribution in [2.45, 2.75) is 34.3 Å². The van der Waals surface area contributed by atoms with Gasteiger partial charge in [-0.1, -0.05) is 29.8 Å². The lowest BCUT2D eigenvalue weighted by Gasteiger charge is -2.18. The lowest BCUT2D eigenvalue weighted by Crippen LogP contribution is -2.18. The molecule has 0 saturated carbocycles. The maximum atomic E-state index is 12.8. The zero-order chi connectivity index (χ0) is 21.9. The maximum Gasteiger partial charge on any atom is 0.340 e. The maximum absolute atomic E-state index is 12.8. The van der Waals surface area contributed by atoms with E-state index in [1.165, 1.54) is 0 Å². The average molecular weight is 400 g/mol. The summed E-state index contributed by atoms with van der Waals surface area (Å²) in [5.74, 6) is -6.26. The van der Waals surface area contributed by atoms with E-state index >= 15 is 0 Å². The Morgan fingerprint density at radius 2 is 1.38 bits per heavy atom. The van der Waals surface area contributed by atoms with E-state index in [1.54, 1.807) is 12.1 Å². The molecule has 0 atom stereocenters. The minimum atomic E-state index is -1.09. The predicted octanol–water partition coefficient (Wildman–Crippen LogP) is 3.09. The van der Waals surface area contributed by atoms with Gasteiger partial charge in [0.25, 0.3) is 0 Å². The van der Waals surface area contributed by atoms with Gasteiger partial charge >= 0.3 is 11.9 Å². The molecule has 0 aliphatic rings. The van der Waals surface area contributed by atoms with Crippen LogP contribution in [0.25, 0.3) is 0 Å². The van der Waals surface area contributed by atoms with Crippen LogP contribution in [0.5, 0.6) is 17.2 Å². The largest absolute Gasteiger partial charge is 0.504 e. The molecule has 2 aromatic carbocycles. The molecule has 0 radical (unpaired) electrons. The third kappa shape index (κ3) is 4.60. The third-order valence-electron chi connectivity index (χ3n) is 4.05. The average Bonchev–Trinajstić information content (AvgIpc) is 2.63. The number of rotatable bonds is 6. The van der Waals surface area contributed by atoms with Crippen LogP contribution in [0.1, 0.15) is 63.0 Å². The number of ketones is 2. The molecule has 0 aromatic heterocycles. The quantitative estimate of drug-likeness (QED) is 0.328. The van der Waals surface area contributed by atoms with E-state index in [1.807, 2.05) is 19.1 Å². The van der Waals surface area contributed by atoms with Crippen molar-refractivity contribution < 1.29 is 38.9 Å². The van der Waals surface area contributed by atoms with Crippen LogP contribution in [-0.2, 0) is 16.1 Å². The molecule has 2 aromatic rings. The highest BCUT2D eigenvalue weighted by atomic mass is 16.5. The number of phenols is 2. The number of carbonyl (C=O) groups excluding carboxylic acids is 4. The Bertz CT molecular complexity index is 1000. The van der Waals surface area contributed by atoms with E-state index in [9.17, 15) is 29.4 Å². The van der Waals surface area contributed by atoms with E-state index in [4.69, 9.17) is 9.47 Å². The molecule has 2 rings (SSSR count). The number of Topliss-reactive ketones (excluding diaryl/α,β-unsaturated/α-hetero) is 2. The van der Waals surface area contributed by atoms with Gasteiger partial charge in [0.1, 0.15) is 6.61 Å². The minimum absolute atomic E-state index is 0.168. The van der Waals surface area contributed by atoms with Crippen LogP contribution in [0.2, 0.25) is 0 Å². The zero-order valence-corrected chi connectivity index (χ0v) is 16.4. The third-order valence-corrected chi connectivity index (χ3v) is 4.05. The van der Waals surface area contributed by atoms with Crippen molar-refractivity contribution in [3.8, 4) is 17.2 Å². The van der Waals surface area contributed by atoms with Crippen LogP contribution in [0.3, 0.4) is 0 Å². The summed E-state index contributed by atoms with van der Waals surface area (Å²) in [6.45, 7) is 4.83. The van der Waals surface area contributed by atoms with Crippen LogP contribution in [0.4, 0.5) is 0 Å². The Hall–Kier alpha value is -3.68. The Balaban J connectivity index is 2.62. The fourth-order valence-corrected chi connectivity index (χ4v) is 2.73. The molecular weight excluding hydrogens is 380 g/mol. The van der Waals surface area contributed by atoms with Gasteiger partial charge in [-0.3, -0.25) is 14.4 Å².